The van der Waals surface area contributed by atoms with Crippen LogP contribution in [0.15, 0.2) is 18.2 Å². The summed E-state index contributed by atoms with van der Waals surface area (Å²) in [7, 11) is 0. The number of pyridine rings is 1. The maximum Gasteiger partial charge on any atom is 0.142 e. The fraction of sp³-hybridized carbons (Fsp3) is 0.571. The molecule has 0 bridgehead atoms. The number of hydrogen-bond donors (Lipinski definition) is 1. The van der Waals surface area contributed by atoms with Gasteiger partial charge in [0.2, 0.25) is 0 Å². The lowest BCUT2D eigenvalue weighted by molar-refractivity contribution is 0.271. The molecule has 1 aliphatic heterocycles. The highest BCUT2D eigenvalue weighted by Gasteiger charge is 2.37. The number of aromatic nitrogens is 1. The molecule has 0 radical (unpaired) electrons. The largest absolute Gasteiger partial charge is 0.356 e. The quantitative estimate of drug-likeness (QED) is 0.810. The van der Waals surface area contributed by atoms with Crippen molar-refractivity contribution >= 4 is 5.82 Å². The molecule has 1 saturated carbocycles. The van der Waals surface area contributed by atoms with Crippen LogP contribution in [0.1, 0.15) is 25.0 Å². The fourth-order valence-electron chi connectivity index (χ4n) is 3.32. The Kier molecular flexibility index (Phi) is 2.92. The summed E-state index contributed by atoms with van der Waals surface area (Å²) in [5.41, 5.74) is 6.54. The van der Waals surface area contributed by atoms with Gasteiger partial charge in [0.25, 0.3) is 0 Å². The number of nitrogens with two attached hydrogens (primary N) is 1. The van der Waals surface area contributed by atoms with Crippen molar-refractivity contribution in [3.05, 3.63) is 23.9 Å². The van der Waals surface area contributed by atoms with Gasteiger partial charge in [0.15, 0.2) is 0 Å². The molecule has 2 N–H and O–H groups in total. The van der Waals surface area contributed by atoms with Crippen LogP contribution in [0.2, 0.25) is 0 Å². The Morgan fingerprint density at radius 3 is 2.94 bits per heavy atom. The van der Waals surface area contributed by atoms with Crippen molar-refractivity contribution in [1.82, 2.24) is 4.98 Å². The second-order valence-electron chi connectivity index (χ2n) is 5.49. The molecule has 0 aromatic carbocycles. The van der Waals surface area contributed by atoms with Gasteiger partial charge in [-0.25, -0.2) is 4.98 Å². The summed E-state index contributed by atoms with van der Waals surface area (Å²) in [4.78, 5) is 6.70. The first-order chi connectivity index (χ1) is 8.76. The van der Waals surface area contributed by atoms with Gasteiger partial charge in [0, 0.05) is 19.1 Å². The third-order valence-electron chi connectivity index (χ3n) is 4.26. The monoisotopic (exact) mass is 242 g/mol. The van der Waals surface area contributed by atoms with Gasteiger partial charge in [-0.2, -0.15) is 5.26 Å². The average Bonchev–Trinajstić information content (AvgIpc) is 2.81. The SMILES string of the molecule is N#Cc1cccc(N2C[C@H]3CCC(N)C[C@H]3C2)n1. The summed E-state index contributed by atoms with van der Waals surface area (Å²) >= 11 is 0. The van der Waals surface area contributed by atoms with Crippen molar-refractivity contribution in [2.24, 2.45) is 17.6 Å². The summed E-state index contributed by atoms with van der Waals surface area (Å²) < 4.78 is 0. The third kappa shape index (κ3) is 2.06. The molecule has 3 atom stereocenters. The zero-order chi connectivity index (χ0) is 12.5. The first-order valence-electron chi connectivity index (χ1n) is 6.64. The van der Waals surface area contributed by atoms with Crippen LogP contribution in [-0.2, 0) is 0 Å². The second kappa shape index (κ2) is 4.58. The second-order valence-corrected chi connectivity index (χ2v) is 5.49. The molecule has 2 aliphatic rings. The van der Waals surface area contributed by atoms with E-state index in [1.807, 2.05) is 12.1 Å². The van der Waals surface area contributed by atoms with Gasteiger partial charge in [-0.3, -0.25) is 0 Å². The normalized spacial score (nSPS) is 30.9. The highest BCUT2D eigenvalue weighted by molar-refractivity contribution is 5.43. The van der Waals surface area contributed by atoms with E-state index < -0.39 is 0 Å². The summed E-state index contributed by atoms with van der Waals surface area (Å²) in [5.74, 6) is 2.41. The van der Waals surface area contributed by atoms with E-state index in [1.165, 1.54) is 6.42 Å². The molecule has 0 amide bonds. The Hall–Kier alpha value is -1.60. The highest BCUT2D eigenvalue weighted by Crippen LogP contribution is 2.37. The molecular weight excluding hydrogens is 224 g/mol. The van der Waals surface area contributed by atoms with Crippen LogP contribution in [0.25, 0.3) is 0 Å². The molecule has 18 heavy (non-hydrogen) atoms. The van der Waals surface area contributed by atoms with Crippen LogP contribution < -0.4 is 10.6 Å². The Labute approximate surface area is 107 Å². The fourth-order valence-corrected chi connectivity index (χ4v) is 3.32. The molecule has 3 rings (SSSR count). The maximum absolute atomic E-state index is 8.90. The van der Waals surface area contributed by atoms with Gasteiger partial charge in [-0.1, -0.05) is 6.07 Å². The van der Waals surface area contributed by atoms with E-state index in [-0.39, 0.29) is 0 Å². The van der Waals surface area contributed by atoms with Crippen molar-refractivity contribution in [3.8, 4) is 6.07 Å². The van der Waals surface area contributed by atoms with Gasteiger partial charge < -0.3 is 10.6 Å². The van der Waals surface area contributed by atoms with E-state index in [2.05, 4.69) is 16.0 Å². The maximum atomic E-state index is 8.90. The van der Waals surface area contributed by atoms with Crippen molar-refractivity contribution in [3.63, 3.8) is 0 Å². The first kappa shape index (κ1) is 11.5. The number of fused-ring (bicyclic) bond motifs is 1. The van der Waals surface area contributed by atoms with Crippen molar-refractivity contribution in [2.45, 2.75) is 25.3 Å². The zero-order valence-corrected chi connectivity index (χ0v) is 10.4. The van der Waals surface area contributed by atoms with Crippen LogP contribution in [0.4, 0.5) is 5.82 Å². The minimum absolute atomic E-state index is 0.379. The van der Waals surface area contributed by atoms with E-state index in [0.29, 0.717) is 17.7 Å². The summed E-state index contributed by atoms with van der Waals surface area (Å²) in [6, 6.07) is 8.14. The van der Waals surface area contributed by atoms with Crippen LogP contribution in [0, 0.1) is 23.2 Å². The van der Waals surface area contributed by atoms with Crippen LogP contribution in [-0.4, -0.2) is 24.1 Å². The topological polar surface area (TPSA) is 65.9 Å². The van der Waals surface area contributed by atoms with E-state index in [4.69, 9.17) is 11.0 Å². The standard InChI is InChI=1S/C14H18N4/c15-7-13-2-1-3-14(17-13)18-8-10-4-5-12(16)6-11(10)9-18/h1-3,10-12H,4-6,8-9,16H2/t10-,11+,12?/m1/s1. The van der Waals surface area contributed by atoms with Gasteiger partial charge in [-0.15, -0.1) is 0 Å². The summed E-state index contributed by atoms with van der Waals surface area (Å²) in [6.07, 6.45) is 3.53. The Morgan fingerprint density at radius 2 is 2.11 bits per heavy atom. The predicted octanol–water partition coefficient (Wildman–Crippen LogP) is 1.52. The lowest BCUT2D eigenvalue weighted by Gasteiger charge is -2.27. The summed E-state index contributed by atoms with van der Waals surface area (Å²) in [6.45, 7) is 2.11. The minimum Gasteiger partial charge on any atom is -0.356 e. The number of rotatable bonds is 1. The Morgan fingerprint density at radius 1 is 1.28 bits per heavy atom. The molecule has 2 fully saturated rings. The van der Waals surface area contributed by atoms with E-state index >= 15 is 0 Å². The molecule has 1 aromatic rings. The van der Waals surface area contributed by atoms with Crippen molar-refractivity contribution < 1.29 is 0 Å². The molecule has 1 saturated heterocycles. The minimum atomic E-state index is 0.379. The van der Waals surface area contributed by atoms with Crippen LogP contribution >= 0.6 is 0 Å². The van der Waals surface area contributed by atoms with E-state index in [9.17, 15) is 0 Å². The van der Waals surface area contributed by atoms with E-state index in [0.717, 1.165) is 37.7 Å². The van der Waals surface area contributed by atoms with Crippen molar-refractivity contribution in [2.75, 3.05) is 18.0 Å². The Balaban J connectivity index is 1.77. The number of nitriles is 1. The van der Waals surface area contributed by atoms with E-state index in [1.54, 1.807) is 6.07 Å². The highest BCUT2D eigenvalue weighted by atomic mass is 15.2. The number of anilines is 1. The molecule has 1 aromatic heterocycles. The average molecular weight is 242 g/mol. The lowest BCUT2D eigenvalue weighted by Crippen LogP contribution is -2.32. The number of nitrogens with zero attached hydrogens (tertiary/aromatic N) is 3. The number of hydrogen-bond acceptors (Lipinski definition) is 4. The third-order valence-corrected chi connectivity index (χ3v) is 4.26. The molecule has 4 heteroatoms. The van der Waals surface area contributed by atoms with Crippen molar-refractivity contribution in [1.29, 1.82) is 5.26 Å². The Bertz CT molecular complexity index is 479. The molecule has 1 unspecified atom stereocenters. The zero-order valence-electron chi connectivity index (χ0n) is 10.4. The molecule has 1 aliphatic carbocycles. The van der Waals surface area contributed by atoms with Gasteiger partial charge in [0.05, 0.1) is 0 Å². The summed E-state index contributed by atoms with van der Waals surface area (Å²) in [5, 5.41) is 8.90. The smallest absolute Gasteiger partial charge is 0.142 e. The van der Waals surface area contributed by atoms with Gasteiger partial charge in [0.1, 0.15) is 17.6 Å². The molecule has 4 nitrogen and oxygen atoms in total. The van der Waals surface area contributed by atoms with Gasteiger partial charge in [-0.05, 0) is 43.2 Å². The molecular formula is C14H18N4. The van der Waals surface area contributed by atoms with Gasteiger partial charge >= 0.3 is 0 Å². The van der Waals surface area contributed by atoms with Crippen LogP contribution in [0.5, 0.6) is 0 Å². The van der Waals surface area contributed by atoms with Crippen LogP contribution in [0.3, 0.4) is 0 Å². The molecule has 94 valence electrons. The molecule has 2 heterocycles. The first-order valence-corrected chi connectivity index (χ1v) is 6.64. The molecule has 0 spiro atoms. The predicted molar refractivity (Wildman–Crippen MR) is 70.0 cm³/mol. The lowest BCUT2D eigenvalue weighted by atomic mass is 9.79.